The zero-order valence-corrected chi connectivity index (χ0v) is 13.0. The fourth-order valence-electron chi connectivity index (χ4n) is 1.93. The molecule has 2 rings (SSSR count). The summed E-state index contributed by atoms with van der Waals surface area (Å²) in [5.74, 6) is -0.816. The molecule has 0 aliphatic heterocycles. The van der Waals surface area contributed by atoms with Crippen LogP contribution >= 0.6 is 12.0 Å². The zero-order chi connectivity index (χ0) is 16.5. The number of rotatable bonds is 7. The van der Waals surface area contributed by atoms with E-state index >= 15 is 0 Å². The first-order chi connectivity index (χ1) is 11.2. The molecule has 1 aromatic carbocycles. The third-order valence-corrected chi connectivity index (χ3v) is 3.28. The highest BCUT2D eigenvalue weighted by Crippen LogP contribution is 2.05. The molecule has 7 nitrogen and oxygen atoms in total. The first-order valence-electron chi connectivity index (χ1n) is 6.85. The Bertz CT molecular complexity index is 640. The standard InChI is InChI=1S/C15H16N4O3S/c20-14(18-10-23-22)12(8-11-4-2-1-3-5-11)19-15(21)13-9-16-6-7-17-13/h1-7,9,12,22H,8,10H2,(H,18,20)(H,19,21). The Kier molecular flexibility index (Phi) is 6.52. The molecule has 120 valence electrons. The Morgan fingerprint density at radius 1 is 1.22 bits per heavy atom. The predicted molar refractivity (Wildman–Crippen MR) is 86.7 cm³/mol. The van der Waals surface area contributed by atoms with Crippen molar-refractivity contribution in [3.63, 3.8) is 0 Å². The first-order valence-corrected chi connectivity index (χ1v) is 7.80. The lowest BCUT2D eigenvalue weighted by Crippen LogP contribution is -2.48. The van der Waals surface area contributed by atoms with Crippen LogP contribution in [-0.4, -0.2) is 38.3 Å². The molecule has 8 heteroatoms. The minimum absolute atomic E-state index is 0.0468. The van der Waals surface area contributed by atoms with Crippen LogP contribution in [0.15, 0.2) is 48.9 Å². The molecular weight excluding hydrogens is 316 g/mol. The zero-order valence-electron chi connectivity index (χ0n) is 12.2. The van der Waals surface area contributed by atoms with Gasteiger partial charge in [0, 0.05) is 30.9 Å². The summed E-state index contributed by atoms with van der Waals surface area (Å²) in [6.45, 7) is 0. The van der Waals surface area contributed by atoms with Crippen molar-refractivity contribution >= 4 is 23.9 Å². The Balaban J connectivity index is 2.09. The normalized spacial score (nSPS) is 11.5. The fourth-order valence-corrected chi connectivity index (χ4v) is 2.14. The van der Waals surface area contributed by atoms with Crippen molar-refractivity contribution in [2.45, 2.75) is 12.5 Å². The summed E-state index contributed by atoms with van der Waals surface area (Å²) < 4.78 is 8.74. The summed E-state index contributed by atoms with van der Waals surface area (Å²) in [7, 11) is 0. The van der Waals surface area contributed by atoms with Crippen molar-refractivity contribution < 1.29 is 14.1 Å². The third kappa shape index (κ3) is 5.35. The van der Waals surface area contributed by atoms with Crippen LogP contribution in [0.25, 0.3) is 0 Å². The fraction of sp³-hybridized carbons (Fsp3) is 0.200. The number of nitrogens with one attached hydrogen (secondary N) is 2. The van der Waals surface area contributed by atoms with E-state index in [1.54, 1.807) is 0 Å². The van der Waals surface area contributed by atoms with Gasteiger partial charge in [0.25, 0.3) is 5.91 Å². The molecule has 0 radical (unpaired) electrons. The molecule has 0 fully saturated rings. The van der Waals surface area contributed by atoms with E-state index in [0.717, 1.165) is 5.56 Å². The van der Waals surface area contributed by atoms with E-state index in [4.69, 9.17) is 4.55 Å². The average molecular weight is 332 g/mol. The second kappa shape index (κ2) is 8.86. The summed E-state index contributed by atoms with van der Waals surface area (Å²) in [5, 5.41) is 5.18. The van der Waals surface area contributed by atoms with E-state index in [2.05, 4.69) is 20.6 Å². The van der Waals surface area contributed by atoms with Crippen LogP contribution in [-0.2, 0) is 11.2 Å². The van der Waals surface area contributed by atoms with E-state index in [9.17, 15) is 9.59 Å². The number of carbonyl (C=O) groups excluding carboxylic acids is 2. The number of aromatic nitrogens is 2. The number of benzene rings is 1. The van der Waals surface area contributed by atoms with E-state index in [0.29, 0.717) is 18.5 Å². The van der Waals surface area contributed by atoms with Gasteiger partial charge in [0.15, 0.2) is 0 Å². The quantitative estimate of drug-likeness (QED) is 0.518. The molecule has 23 heavy (non-hydrogen) atoms. The van der Waals surface area contributed by atoms with Gasteiger partial charge < -0.3 is 15.2 Å². The molecule has 1 unspecified atom stereocenters. The molecule has 3 N–H and O–H groups in total. The van der Waals surface area contributed by atoms with Gasteiger partial charge in [-0.3, -0.25) is 14.6 Å². The van der Waals surface area contributed by atoms with Gasteiger partial charge in [-0.05, 0) is 5.56 Å². The SMILES string of the molecule is O=C(NC(Cc1ccccc1)C(=O)NCSO)c1cnccn1. The topological polar surface area (TPSA) is 104 Å². The Morgan fingerprint density at radius 2 is 2.00 bits per heavy atom. The number of carbonyl (C=O) groups is 2. The second-order valence-electron chi connectivity index (χ2n) is 4.62. The minimum atomic E-state index is -0.779. The van der Waals surface area contributed by atoms with Crippen molar-refractivity contribution in [3.05, 3.63) is 60.2 Å². The van der Waals surface area contributed by atoms with Crippen LogP contribution < -0.4 is 10.6 Å². The molecule has 0 bridgehead atoms. The number of hydrogen-bond acceptors (Lipinski definition) is 6. The second-order valence-corrected chi connectivity index (χ2v) is 5.17. The smallest absolute Gasteiger partial charge is 0.272 e. The maximum Gasteiger partial charge on any atom is 0.272 e. The van der Waals surface area contributed by atoms with Gasteiger partial charge in [0.05, 0.1) is 12.1 Å². The predicted octanol–water partition coefficient (Wildman–Crippen LogP) is 1.10. The van der Waals surface area contributed by atoms with Gasteiger partial charge >= 0.3 is 0 Å². The van der Waals surface area contributed by atoms with Crippen LogP contribution in [0.2, 0.25) is 0 Å². The molecule has 1 atom stereocenters. The van der Waals surface area contributed by atoms with Crippen molar-refractivity contribution in [2.75, 3.05) is 5.88 Å². The molecule has 0 aliphatic carbocycles. The monoisotopic (exact) mass is 332 g/mol. The van der Waals surface area contributed by atoms with Gasteiger partial charge in [-0.1, -0.05) is 30.3 Å². The number of nitrogens with zero attached hydrogens (tertiary/aromatic N) is 2. The summed E-state index contributed by atoms with van der Waals surface area (Å²) in [6, 6.07) is 8.56. The summed E-state index contributed by atoms with van der Waals surface area (Å²) in [5.41, 5.74) is 1.04. The van der Waals surface area contributed by atoms with Gasteiger partial charge in [0.2, 0.25) is 5.91 Å². The molecule has 1 aromatic heterocycles. The van der Waals surface area contributed by atoms with Crippen LogP contribution in [0.3, 0.4) is 0 Å². The maximum atomic E-state index is 12.2. The highest BCUT2D eigenvalue weighted by molar-refractivity contribution is 7.93. The van der Waals surface area contributed by atoms with Crippen molar-refractivity contribution in [3.8, 4) is 0 Å². The summed E-state index contributed by atoms with van der Waals surface area (Å²) in [6.07, 6.45) is 4.53. The summed E-state index contributed by atoms with van der Waals surface area (Å²) in [4.78, 5) is 32.1. The van der Waals surface area contributed by atoms with Crippen molar-refractivity contribution in [1.29, 1.82) is 0 Å². The van der Waals surface area contributed by atoms with Crippen molar-refractivity contribution in [2.24, 2.45) is 0 Å². The Hall–Kier alpha value is -2.45. The van der Waals surface area contributed by atoms with Crippen molar-refractivity contribution in [1.82, 2.24) is 20.6 Å². The first kappa shape index (κ1) is 16.9. The molecule has 1 heterocycles. The molecule has 0 saturated carbocycles. The lowest BCUT2D eigenvalue weighted by molar-refractivity contribution is -0.122. The number of hydrogen-bond donors (Lipinski definition) is 3. The van der Waals surface area contributed by atoms with E-state index in [-0.39, 0.29) is 17.5 Å². The molecule has 0 spiro atoms. The van der Waals surface area contributed by atoms with E-state index in [1.807, 2.05) is 30.3 Å². The molecular formula is C15H16N4O3S. The Morgan fingerprint density at radius 3 is 2.65 bits per heavy atom. The van der Waals surface area contributed by atoms with E-state index < -0.39 is 11.9 Å². The van der Waals surface area contributed by atoms with Crippen LogP contribution in [0.4, 0.5) is 0 Å². The van der Waals surface area contributed by atoms with Gasteiger partial charge in [-0.2, -0.15) is 0 Å². The molecule has 0 saturated heterocycles. The van der Waals surface area contributed by atoms with Crippen LogP contribution in [0, 0.1) is 0 Å². The largest absolute Gasteiger partial charge is 0.343 e. The summed E-state index contributed by atoms with van der Waals surface area (Å²) >= 11 is 0.502. The maximum absolute atomic E-state index is 12.2. The Labute approximate surface area is 137 Å². The molecule has 0 aliphatic rings. The number of amides is 2. The van der Waals surface area contributed by atoms with Crippen LogP contribution in [0.1, 0.15) is 16.1 Å². The lowest BCUT2D eigenvalue weighted by atomic mass is 10.1. The minimum Gasteiger partial charge on any atom is -0.343 e. The molecule has 2 aromatic rings. The van der Waals surface area contributed by atoms with Crippen LogP contribution in [0.5, 0.6) is 0 Å². The lowest BCUT2D eigenvalue weighted by Gasteiger charge is -2.18. The van der Waals surface area contributed by atoms with Gasteiger partial charge in [0.1, 0.15) is 11.7 Å². The third-order valence-electron chi connectivity index (χ3n) is 3.01. The van der Waals surface area contributed by atoms with Gasteiger partial charge in [-0.25, -0.2) is 4.98 Å². The molecule has 2 amide bonds. The highest BCUT2D eigenvalue weighted by Gasteiger charge is 2.22. The average Bonchev–Trinajstić information content (AvgIpc) is 2.60. The van der Waals surface area contributed by atoms with E-state index in [1.165, 1.54) is 18.6 Å². The van der Waals surface area contributed by atoms with Gasteiger partial charge in [-0.15, -0.1) is 0 Å². The highest BCUT2D eigenvalue weighted by atomic mass is 32.2.